The molecule has 102 valence electrons. The number of carbonyl (C=O) groups is 2. The van der Waals surface area contributed by atoms with Crippen LogP contribution in [0.2, 0.25) is 0 Å². The van der Waals surface area contributed by atoms with Crippen LogP contribution in [-0.4, -0.2) is 44.1 Å². The van der Waals surface area contributed by atoms with Gasteiger partial charge in [-0.15, -0.1) is 5.10 Å². The number of likely N-dealkylation sites (tertiary alicyclic amines) is 1. The number of aryl methyl sites for hydroxylation is 1. The third-order valence-electron chi connectivity index (χ3n) is 4.25. The smallest absolute Gasteiger partial charge is 0.326 e. The van der Waals surface area contributed by atoms with E-state index in [4.69, 9.17) is 0 Å². The minimum Gasteiger partial charge on any atom is -0.480 e. The highest BCUT2D eigenvalue weighted by atomic mass is 32.1. The van der Waals surface area contributed by atoms with Crippen molar-refractivity contribution in [3.63, 3.8) is 0 Å². The van der Waals surface area contributed by atoms with Crippen molar-refractivity contribution in [2.45, 2.75) is 32.2 Å². The second-order valence-electron chi connectivity index (χ2n) is 5.28. The number of hydrogen-bond acceptors (Lipinski definition) is 5. The third-order valence-corrected chi connectivity index (χ3v) is 5.07. The number of amides is 1. The lowest BCUT2D eigenvalue weighted by Gasteiger charge is -2.23. The molecule has 7 heteroatoms. The molecule has 1 aromatic heterocycles. The molecular weight excluding hydrogens is 266 g/mol. The summed E-state index contributed by atoms with van der Waals surface area (Å²) in [4.78, 5) is 25.9. The van der Waals surface area contributed by atoms with Gasteiger partial charge in [-0.25, -0.2) is 4.79 Å². The molecule has 1 amide bonds. The Bertz CT molecular complexity index is 530. The normalized spacial score (nSPS) is 29.5. The molecule has 6 nitrogen and oxygen atoms in total. The molecule has 1 saturated heterocycles. The van der Waals surface area contributed by atoms with Crippen molar-refractivity contribution >= 4 is 23.4 Å². The van der Waals surface area contributed by atoms with Crippen LogP contribution in [0, 0.1) is 18.8 Å². The molecule has 1 aromatic rings. The van der Waals surface area contributed by atoms with Crippen molar-refractivity contribution in [1.82, 2.24) is 14.5 Å². The predicted molar refractivity (Wildman–Crippen MR) is 67.9 cm³/mol. The van der Waals surface area contributed by atoms with E-state index in [0.29, 0.717) is 23.0 Å². The number of aromatic nitrogens is 2. The lowest BCUT2D eigenvalue weighted by atomic mass is 9.94. The molecule has 1 aliphatic carbocycles. The zero-order valence-corrected chi connectivity index (χ0v) is 11.4. The quantitative estimate of drug-likeness (QED) is 0.879. The maximum atomic E-state index is 12.5. The van der Waals surface area contributed by atoms with E-state index in [1.54, 1.807) is 6.92 Å². The Morgan fingerprint density at radius 3 is 2.84 bits per heavy atom. The standard InChI is InChI=1S/C12H15N3O3S/c1-6-10(19-14-13-6)11(16)15-5-7-3-2-4-8(7)9(15)12(17)18/h7-9H,2-5H2,1H3,(H,17,18). The average molecular weight is 281 g/mol. The first-order valence-electron chi connectivity index (χ1n) is 6.42. The summed E-state index contributed by atoms with van der Waals surface area (Å²) >= 11 is 1.04. The molecule has 0 spiro atoms. The summed E-state index contributed by atoms with van der Waals surface area (Å²) in [7, 11) is 0. The highest BCUT2D eigenvalue weighted by Crippen LogP contribution is 2.42. The molecule has 0 bridgehead atoms. The average Bonchev–Trinajstić information content (AvgIpc) is 3.00. The molecule has 0 aromatic carbocycles. The summed E-state index contributed by atoms with van der Waals surface area (Å²) in [6, 6.07) is -0.679. The number of rotatable bonds is 2. The molecule has 1 N–H and O–H groups in total. The third kappa shape index (κ3) is 1.92. The molecule has 3 unspecified atom stereocenters. The van der Waals surface area contributed by atoms with Gasteiger partial charge < -0.3 is 10.0 Å². The van der Waals surface area contributed by atoms with Crippen molar-refractivity contribution < 1.29 is 14.7 Å². The summed E-state index contributed by atoms with van der Waals surface area (Å²) in [6.07, 6.45) is 3.01. The fraction of sp³-hybridized carbons (Fsp3) is 0.667. The van der Waals surface area contributed by atoms with Gasteiger partial charge in [0.15, 0.2) is 0 Å². The zero-order chi connectivity index (χ0) is 13.6. The Balaban J connectivity index is 1.90. The molecule has 3 rings (SSSR count). The van der Waals surface area contributed by atoms with Crippen molar-refractivity contribution in [3.05, 3.63) is 10.6 Å². The van der Waals surface area contributed by atoms with Gasteiger partial charge in [0.1, 0.15) is 10.9 Å². The van der Waals surface area contributed by atoms with Crippen molar-refractivity contribution in [2.75, 3.05) is 6.54 Å². The Morgan fingerprint density at radius 1 is 1.42 bits per heavy atom. The SMILES string of the molecule is Cc1nnsc1C(=O)N1CC2CCCC2C1C(=O)O. The highest BCUT2D eigenvalue weighted by molar-refractivity contribution is 7.07. The number of carboxylic acid groups (broad SMARTS) is 1. The monoisotopic (exact) mass is 281 g/mol. The first-order valence-corrected chi connectivity index (χ1v) is 7.19. The summed E-state index contributed by atoms with van der Waals surface area (Å²) in [5, 5.41) is 13.2. The fourth-order valence-corrected chi connectivity index (χ4v) is 4.00. The fourth-order valence-electron chi connectivity index (χ4n) is 3.39. The molecular formula is C12H15N3O3S. The van der Waals surface area contributed by atoms with Gasteiger partial charge in [0.05, 0.1) is 5.69 Å². The maximum Gasteiger partial charge on any atom is 0.326 e. The molecule has 3 atom stereocenters. The molecule has 2 aliphatic rings. The number of carboxylic acids is 1. The molecule has 2 fully saturated rings. The van der Waals surface area contributed by atoms with Gasteiger partial charge in [0.25, 0.3) is 5.91 Å². The summed E-state index contributed by atoms with van der Waals surface area (Å²) in [6.45, 7) is 2.28. The molecule has 0 radical (unpaired) electrons. The van der Waals surface area contributed by atoms with Crippen molar-refractivity contribution in [2.24, 2.45) is 11.8 Å². The van der Waals surface area contributed by atoms with Crippen LogP contribution >= 0.6 is 11.5 Å². The largest absolute Gasteiger partial charge is 0.480 e. The molecule has 2 heterocycles. The van der Waals surface area contributed by atoms with Gasteiger partial charge in [0.2, 0.25) is 0 Å². The zero-order valence-electron chi connectivity index (χ0n) is 10.6. The minimum absolute atomic E-state index is 0.114. The van der Waals surface area contributed by atoms with E-state index in [2.05, 4.69) is 9.59 Å². The summed E-state index contributed by atoms with van der Waals surface area (Å²) in [5.41, 5.74) is 0.580. The van der Waals surface area contributed by atoms with Crippen LogP contribution in [0.5, 0.6) is 0 Å². The van der Waals surface area contributed by atoms with E-state index in [9.17, 15) is 14.7 Å². The van der Waals surface area contributed by atoms with Crippen LogP contribution in [0.25, 0.3) is 0 Å². The van der Waals surface area contributed by atoms with Crippen molar-refractivity contribution in [1.29, 1.82) is 0 Å². The van der Waals surface area contributed by atoms with E-state index >= 15 is 0 Å². The van der Waals surface area contributed by atoms with Crippen molar-refractivity contribution in [3.8, 4) is 0 Å². The number of aliphatic carboxylic acids is 1. The molecule has 1 aliphatic heterocycles. The lowest BCUT2D eigenvalue weighted by molar-refractivity contribution is -0.142. The molecule has 19 heavy (non-hydrogen) atoms. The van der Waals surface area contributed by atoms with Crippen LogP contribution in [0.3, 0.4) is 0 Å². The van der Waals surface area contributed by atoms with Crippen LogP contribution in [0.4, 0.5) is 0 Å². The topological polar surface area (TPSA) is 83.4 Å². The van der Waals surface area contributed by atoms with Crippen LogP contribution in [0.1, 0.15) is 34.6 Å². The Kier molecular flexibility index (Phi) is 3.00. The van der Waals surface area contributed by atoms with Gasteiger partial charge >= 0.3 is 5.97 Å². The first kappa shape index (κ1) is 12.5. The van der Waals surface area contributed by atoms with Gasteiger partial charge in [-0.1, -0.05) is 10.9 Å². The van der Waals surface area contributed by atoms with E-state index < -0.39 is 12.0 Å². The number of fused-ring (bicyclic) bond motifs is 1. The molecule has 1 saturated carbocycles. The Morgan fingerprint density at radius 2 is 2.21 bits per heavy atom. The van der Waals surface area contributed by atoms with Gasteiger partial charge in [0, 0.05) is 6.54 Å². The van der Waals surface area contributed by atoms with Crippen LogP contribution < -0.4 is 0 Å². The second kappa shape index (κ2) is 4.56. The van der Waals surface area contributed by atoms with E-state index in [1.165, 1.54) is 4.90 Å². The van der Waals surface area contributed by atoms with E-state index in [-0.39, 0.29) is 11.8 Å². The first-order chi connectivity index (χ1) is 9.09. The van der Waals surface area contributed by atoms with Crippen LogP contribution in [-0.2, 0) is 4.79 Å². The van der Waals surface area contributed by atoms with Gasteiger partial charge in [-0.3, -0.25) is 4.79 Å². The number of nitrogens with zero attached hydrogens (tertiary/aromatic N) is 3. The second-order valence-corrected chi connectivity index (χ2v) is 6.04. The number of hydrogen-bond donors (Lipinski definition) is 1. The van der Waals surface area contributed by atoms with Gasteiger partial charge in [-0.05, 0) is 43.1 Å². The Labute approximate surface area is 114 Å². The summed E-state index contributed by atoms with van der Waals surface area (Å²) in [5.74, 6) is -0.666. The van der Waals surface area contributed by atoms with Gasteiger partial charge in [-0.2, -0.15) is 0 Å². The van der Waals surface area contributed by atoms with E-state index in [1.807, 2.05) is 0 Å². The highest BCUT2D eigenvalue weighted by Gasteiger charge is 2.50. The minimum atomic E-state index is -0.891. The lowest BCUT2D eigenvalue weighted by Crippen LogP contribution is -2.43. The number of carbonyl (C=O) groups excluding carboxylic acids is 1. The maximum absolute atomic E-state index is 12.5. The Hall–Kier alpha value is -1.50. The summed E-state index contributed by atoms with van der Waals surface area (Å²) < 4.78 is 3.75. The van der Waals surface area contributed by atoms with Crippen LogP contribution in [0.15, 0.2) is 0 Å². The van der Waals surface area contributed by atoms with E-state index in [0.717, 1.165) is 30.8 Å². The predicted octanol–water partition coefficient (Wildman–Crippen LogP) is 1.17.